The summed E-state index contributed by atoms with van der Waals surface area (Å²) < 4.78 is 1.13. The average molecular weight is 380 g/mol. The van der Waals surface area contributed by atoms with Crippen molar-refractivity contribution in [1.29, 1.82) is 0 Å². The van der Waals surface area contributed by atoms with Gasteiger partial charge >= 0.3 is 0 Å². The summed E-state index contributed by atoms with van der Waals surface area (Å²) in [6, 6.07) is 7.76. The maximum Gasteiger partial charge on any atom is 0.262 e. The maximum atomic E-state index is 13.2. The molecule has 0 saturated carbocycles. The number of carbonyl (C=O) groups excluding carboxylic acids is 3. The number of hydrogen-bond acceptors (Lipinski definition) is 5. The monoisotopic (exact) mass is 380 g/mol. The molecule has 3 N–H and O–H groups in total. The van der Waals surface area contributed by atoms with Gasteiger partial charge in [0.1, 0.15) is 5.82 Å². The minimum Gasteiger partial charge on any atom is -0.384 e. The van der Waals surface area contributed by atoms with Crippen LogP contribution in [0.2, 0.25) is 0 Å². The molecule has 1 saturated heterocycles. The number of fused-ring (bicyclic) bond motifs is 1. The smallest absolute Gasteiger partial charge is 0.262 e. The number of likely N-dealkylation sites (tertiary alicyclic amines) is 1. The van der Waals surface area contributed by atoms with Crippen molar-refractivity contribution >= 4 is 23.5 Å². The molecule has 0 atom stereocenters. The van der Waals surface area contributed by atoms with Gasteiger partial charge in [-0.05, 0) is 25.0 Å². The zero-order chi connectivity index (χ0) is 19.8. The van der Waals surface area contributed by atoms with E-state index in [1.165, 1.54) is 0 Å². The molecule has 3 amide bonds. The highest BCUT2D eigenvalue weighted by Crippen LogP contribution is 2.25. The average Bonchev–Trinajstić information content (AvgIpc) is 2.86. The summed E-state index contributed by atoms with van der Waals surface area (Å²) >= 11 is 0. The number of nitrogens with zero attached hydrogens (tertiary/aromatic N) is 2. The van der Waals surface area contributed by atoms with Gasteiger partial charge in [0, 0.05) is 19.2 Å². The Morgan fingerprint density at radius 1 is 0.964 bits per heavy atom. The molecule has 3 heterocycles. The fraction of sp³-hybridized carbons (Fsp3) is 0.300. The second kappa shape index (κ2) is 6.95. The number of nitrogen functional groups attached to an aromatic ring is 1. The minimum absolute atomic E-state index is 0.0402. The van der Waals surface area contributed by atoms with Crippen molar-refractivity contribution in [2.24, 2.45) is 0 Å². The Morgan fingerprint density at radius 3 is 2.36 bits per heavy atom. The van der Waals surface area contributed by atoms with Crippen LogP contribution in [-0.4, -0.2) is 40.3 Å². The molecule has 0 radical (unpaired) electrons. The molecule has 0 spiro atoms. The van der Waals surface area contributed by atoms with E-state index >= 15 is 0 Å². The van der Waals surface area contributed by atoms with Gasteiger partial charge in [-0.15, -0.1) is 0 Å². The van der Waals surface area contributed by atoms with Crippen LogP contribution in [0.5, 0.6) is 0 Å². The van der Waals surface area contributed by atoms with Crippen LogP contribution in [-0.2, 0) is 0 Å². The molecule has 4 rings (SSSR count). The van der Waals surface area contributed by atoms with Crippen molar-refractivity contribution in [2.45, 2.75) is 25.7 Å². The van der Waals surface area contributed by atoms with Crippen LogP contribution in [0.4, 0.5) is 5.82 Å². The summed E-state index contributed by atoms with van der Waals surface area (Å²) in [5.41, 5.74) is 6.10. The summed E-state index contributed by atoms with van der Waals surface area (Å²) in [5.74, 6) is -1.63. The maximum absolute atomic E-state index is 13.2. The Morgan fingerprint density at radius 2 is 1.64 bits per heavy atom. The van der Waals surface area contributed by atoms with E-state index in [-0.39, 0.29) is 22.9 Å². The number of rotatable bonds is 2. The van der Waals surface area contributed by atoms with Gasteiger partial charge in [-0.25, -0.2) is 0 Å². The molecule has 2 aliphatic heterocycles. The first-order valence-electron chi connectivity index (χ1n) is 9.29. The van der Waals surface area contributed by atoms with Crippen LogP contribution in [0.3, 0.4) is 0 Å². The Hall–Kier alpha value is -3.42. The number of anilines is 1. The van der Waals surface area contributed by atoms with Gasteiger partial charge in [-0.2, -0.15) is 0 Å². The van der Waals surface area contributed by atoms with Gasteiger partial charge in [-0.3, -0.25) is 29.1 Å². The molecule has 0 bridgehead atoms. The predicted molar refractivity (Wildman–Crippen MR) is 103 cm³/mol. The number of nitrogens with one attached hydrogen (secondary N) is 1. The first-order chi connectivity index (χ1) is 13.5. The second-order valence-electron chi connectivity index (χ2n) is 7.00. The Kier molecular flexibility index (Phi) is 4.46. The first-order valence-corrected chi connectivity index (χ1v) is 9.29. The van der Waals surface area contributed by atoms with E-state index in [4.69, 9.17) is 5.73 Å². The lowest BCUT2D eigenvalue weighted by molar-refractivity contribution is 0.0760. The molecule has 8 heteroatoms. The SMILES string of the molecule is Nc1c2c(cc(=O)n1-c1ccccc1C(=O)N1CCCCCC1)C(=O)NC2=O. The molecule has 1 aromatic carbocycles. The van der Waals surface area contributed by atoms with Crippen LogP contribution in [0.25, 0.3) is 5.69 Å². The molecular weight excluding hydrogens is 360 g/mol. The van der Waals surface area contributed by atoms with Crippen molar-refractivity contribution in [2.75, 3.05) is 18.8 Å². The molecule has 2 aliphatic rings. The standard InChI is InChI=1S/C20H20N4O4/c21-17-16-13(18(26)22-19(16)27)11-15(25)24(17)14-8-4-3-7-12(14)20(28)23-9-5-1-2-6-10-23/h3-4,7-8,11H,1-2,5-6,9-10,21H2,(H,22,26,27). The normalized spacial score (nSPS) is 16.5. The number of nitrogens with two attached hydrogens (primary N) is 1. The highest BCUT2D eigenvalue weighted by molar-refractivity contribution is 6.23. The van der Waals surface area contributed by atoms with Crippen molar-refractivity contribution in [3.63, 3.8) is 0 Å². The lowest BCUT2D eigenvalue weighted by Crippen LogP contribution is -2.33. The molecule has 144 valence electrons. The largest absolute Gasteiger partial charge is 0.384 e. The highest BCUT2D eigenvalue weighted by Gasteiger charge is 2.32. The van der Waals surface area contributed by atoms with Gasteiger partial charge in [-0.1, -0.05) is 25.0 Å². The van der Waals surface area contributed by atoms with E-state index < -0.39 is 17.4 Å². The molecule has 0 unspecified atom stereocenters. The number of para-hydroxylation sites is 1. The molecule has 28 heavy (non-hydrogen) atoms. The number of benzene rings is 1. The third-order valence-electron chi connectivity index (χ3n) is 5.22. The summed E-state index contributed by atoms with van der Waals surface area (Å²) in [6.07, 6.45) is 4.06. The van der Waals surface area contributed by atoms with E-state index in [0.717, 1.165) is 36.3 Å². The van der Waals surface area contributed by atoms with E-state index in [0.29, 0.717) is 24.3 Å². The van der Waals surface area contributed by atoms with Crippen molar-refractivity contribution < 1.29 is 14.4 Å². The fourth-order valence-electron chi connectivity index (χ4n) is 3.82. The topological polar surface area (TPSA) is 114 Å². The first kappa shape index (κ1) is 18.0. The van der Waals surface area contributed by atoms with Crippen LogP contribution < -0.4 is 16.6 Å². The zero-order valence-electron chi connectivity index (χ0n) is 15.2. The summed E-state index contributed by atoms with van der Waals surface area (Å²) in [6.45, 7) is 1.33. The lowest BCUT2D eigenvalue weighted by Gasteiger charge is -2.22. The molecule has 0 aliphatic carbocycles. The minimum atomic E-state index is -0.650. The number of amides is 3. The molecule has 2 aromatic rings. The van der Waals surface area contributed by atoms with Gasteiger partial charge in [0.25, 0.3) is 23.3 Å². The van der Waals surface area contributed by atoms with Gasteiger partial charge in [0.05, 0.1) is 22.4 Å². The quantitative estimate of drug-likeness (QED) is 0.763. The Labute approximate surface area is 160 Å². The Bertz CT molecular complexity index is 1050. The summed E-state index contributed by atoms with van der Waals surface area (Å²) in [5, 5.41) is 2.14. The zero-order valence-corrected chi connectivity index (χ0v) is 15.2. The lowest BCUT2D eigenvalue weighted by atomic mass is 10.1. The third kappa shape index (κ3) is 2.87. The second-order valence-corrected chi connectivity index (χ2v) is 7.00. The van der Waals surface area contributed by atoms with Gasteiger partial charge in [0.2, 0.25) is 0 Å². The number of pyridine rings is 1. The van der Waals surface area contributed by atoms with Gasteiger partial charge in [0.15, 0.2) is 0 Å². The van der Waals surface area contributed by atoms with E-state index in [9.17, 15) is 19.2 Å². The van der Waals surface area contributed by atoms with Crippen molar-refractivity contribution in [1.82, 2.24) is 14.8 Å². The summed E-state index contributed by atoms with van der Waals surface area (Å²) in [4.78, 5) is 51.6. The molecule has 8 nitrogen and oxygen atoms in total. The van der Waals surface area contributed by atoms with E-state index in [1.807, 2.05) is 0 Å². The van der Waals surface area contributed by atoms with Crippen LogP contribution in [0.1, 0.15) is 56.8 Å². The number of imide groups is 1. The fourth-order valence-corrected chi connectivity index (χ4v) is 3.82. The number of carbonyl (C=O) groups is 3. The molecule has 1 aromatic heterocycles. The third-order valence-corrected chi connectivity index (χ3v) is 5.22. The summed E-state index contributed by atoms with van der Waals surface area (Å²) in [7, 11) is 0. The number of aromatic nitrogens is 1. The highest BCUT2D eigenvalue weighted by atomic mass is 16.2. The van der Waals surface area contributed by atoms with Crippen molar-refractivity contribution in [3.05, 3.63) is 57.4 Å². The van der Waals surface area contributed by atoms with Crippen LogP contribution in [0, 0.1) is 0 Å². The van der Waals surface area contributed by atoms with E-state index in [2.05, 4.69) is 5.32 Å². The van der Waals surface area contributed by atoms with Gasteiger partial charge < -0.3 is 10.6 Å². The number of hydrogen-bond donors (Lipinski definition) is 2. The van der Waals surface area contributed by atoms with E-state index in [1.54, 1.807) is 29.2 Å². The molecular formula is C20H20N4O4. The van der Waals surface area contributed by atoms with Crippen LogP contribution in [0.15, 0.2) is 35.1 Å². The predicted octanol–water partition coefficient (Wildman–Crippen LogP) is 1.32. The Balaban J connectivity index is 1.85. The van der Waals surface area contributed by atoms with Crippen LogP contribution >= 0.6 is 0 Å². The van der Waals surface area contributed by atoms with Crippen molar-refractivity contribution in [3.8, 4) is 5.69 Å². The molecule has 1 fully saturated rings.